The minimum atomic E-state index is -0.184. The van der Waals surface area contributed by atoms with Crippen molar-refractivity contribution in [3.63, 3.8) is 0 Å². The van der Waals surface area contributed by atoms with Crippen molar-refractivity contribution in [2.24, 2.45) is 0 Å². The van der Waals surface area contributed by atoms with E-state index in [9.17, 15) is 0 Å². The van der Waals surface area contributed by atoms with E-state index < -0.39 is 0 Å². The summed E-state index contributed by atoms with van der Waals surface area (Å²) >= 11 is 4.70. The number of hydrogen-bond acceptors (Lipinski definition) is 4. The molecular weight excluding hydrogens is 176 g/mol. The zero-order chi connectivity index (χ0) is 9.19. The third-order valence-corrected chi connectivity index (χ3v) is 1.29. The van der Waals surface area contributed by atoms with E-state index in [4.69, 9.17) is 21.4 Å². The maximum Gasteiger partial charge on any atom is 0.284 e. The van der Waals surface area contributed by atoms with Crippen molar-refractivity contribution in [1.29, 1.82) is 0 Å². The predicted octanol–water partition coefficient (Wildman–Crippen LogP) is 2.05. The summed E-state index contributed by atoms with van der Waals surface area (Å²) in [5.41, 5.74) is -0.184. The van der Waals surface area contributed by atoms with Gasteiger partial charge in [-0.2, -0.15) is 0 Å². The lowest BCUT2D eigenvalue weighted by atomic mass is 10.2. The third-order valence-electron chi connectivity index (χ3n) is 1.11. The first-order chi connectivity index (χ1) is 5.47. The van der Waals surface area contributed by atoms with Crippen molar-refractivity contribution in [1.82, 2.24) is 10.2 Å². The summed E-state index contributed by atoms with van der Waals surface area (Å²) in [6.07, 6.45) is 0. The Balaban J connectivity index is 2.49. The highest BCUT2D eigenvalue weighted by Crippen LogP contribution is 2.09. The largest absolute Gasteiger partial charge is 0.412 e. The summed E-state index contributed by atoms with van der Waals surface area (Å²) in [4.78, 5) is 0.280. The van der Waals surface area contributed by atoms with Crippen molar-refractivity contribution in [3.8, 4) is 0 Å². The Kier molecular flexibility index (Phi) is 2.64. The molecule has 0 aliphatic heterocycles. The molecule has 1 rings (SSSR count). The summed E-state index contributed by atoms with van der Waals surface area (Å²) in [5, 5.41) is 6.32. The molecule has 1 aromatic rings. The summed E-state index contributed by atoms with van der Waals surface area (Å²) in [6, 6.07) is 0. The van der Waals surface area contributed by atoms with Gasteiger partial charge in [0, 0.05) is 0 Å². The third kappa shape index (κ3) is 3.15. The molecule has 12 heavy (non-hydrogen) atoms. The fourth-order valence-corrected chi connectivity index (χ4v) is 0.742. The highest BCUT2D eigenvalue weighted by Gasteiger charge is 2.11. The van der Waals surface area contributed by atoms with E-state index in [-0.39, 0.29) is 10.4 Å². The quantitative estimate of drug-likeness (QED) is 0.722. The number of aromatic amines is 1. The molecule has 0 saturated heterocycles. The molecule has 1 N–H and O–H groups in total. The molecule has 4 nitrogen and oxygen atoms in total. The SMILES string of the molecule is CC(C)(C)OCc1n[nH]c(=S)o1. The highest BCUT2D eigenvalue weighted by molar-refractivity contribution is 7.71. The van der Waals surface area contributed by atoms with Crippen LogP contribution in [-0.2, 0) is 11.3 Å². The van der Waals surface area contributed by atoms with Crippen LogP contribution in [0.15, 0.2) is 4.42 Å². The smallest absolute Gasteiger partial charge is 0.284 e. The maximum atomic E-state index is 5.41. The second kappa shape index (κ2) is 3.37. The average Bonchev–Trinajstić information content (AvgIpc) is 2.30. The van der Waals surface area contributed by atoms with Crippen molar-refractivity contribution in [2.75, 3.05) is 0 Å². The summed E-state index contributed by atoms with van der Waals surface area (Å²) in [7, 11) is 0. The molecule has 0 aliphatic rings. The number of H-pyrrole nitrogens is 1. The number of ether oxygens (including phenoxy) is 1. The van der Waals surface area contributed by atoms with Gasteiger partial charge in [-0.3, -0.25) is 0 Å². The summed E-state index contributed by atoms with van der Waals surface area (Å²) in [6.45, 7) is 6.24. The second-order valence-corrected chi connectivity index (χ2v) is 3.78. The number of rotatable bonds is 2. The Hall–Kier alpha value is -0.680. The molecule has 5 heteroatoms. The fraction of sp³-hybridized carbons (Fsp3) is 0.714. The van der Waals surface area contributed by atoms with Crippen LogP contribution in [0.1, 0.15) is 26.7 Å². The lowest BCUT2D eigenvalue weighted by Gasteiger charge is -2.17. The molecule has 0 bridgehead atoms. The molecule has 1 aromatic heterocycles. The summed E-state index contributed by atoms with van der Waals surface area (Å²) < 4.78 is 10.4. The molecule has 0 radical (unpaired) electrons. The van der Waals surface area contributed by atoms with Gasteiger partial charge in [0.25, 0.3) is 4.84 Å². The molecule has 1 heterocycles. The Morgan fingerprint density at radius 2 is 2.25 bits per heavy atom. The highest BCUT2D eigenvalue weighted by atomic mass is 32.1. The topological polar surface area (TPSA) is 51.0 Å². The number of hydrogen-bond donors (Lipinski definition) is 1. The van der Waals surface area contributed by atoms with Crippen LogP contribution in [0.2, 0.25) is 0 Å². The first-order valence-corrected chi connectivity index (χ1v) is 4.06. The number of nitrogens with zero attached hydrogens (tertiary/aromatic N) is 1. The van der Waals surface area contributed by atoms with Gasteiger partial charge in [-0.05, 0) is 33.0 Å². The van der Waals surface area contributed by atoms with Crippen molar-refractivity contribution >= 4 is 12.2 Å². The molecule has 0 amide bonds. The Morgan fingerprint density at radius 1 is 1.58 bits per heavy atom. The lowest BCUT2D eigenvalue weighted by Crippen LogP contribution is -2.18. The normalized spacial score (nSPS) is 11.9. The van der Waals surface area contributed by atoms with Gasteiger partial charge in [0.05, 0.1) is 5.60 Å². The van der Waals surface area contributed by atoms with Crippen molar-refractivity contribution < 1.29 is 9.15 Å². The lowest BCUT2D eigenvalue weighted by molar-refractivity contribution is -0.0245. The Labute approximate surface area is 75.9 Å². The van der Waals surface area contributed by atoms with Gasteiger partial charge in [0.15, 0.2) is 0 Å². The van der Waals surface area contributed by atoms with Crippen LogP contribution in [0.4, 0.5) is 0 Å². The molecule has 0 saturated carbocycles. The minimum absolute atomic E-state index is 0.184. The minimum Gasteiger partial charge on any atom is -0.412 e. The van der Waals surface area contributed by atoms with Gasteiger partial charge in [-0.15, -0.1) is 5.10 Å². The van der Waals surface area contributed by atoms with Gasteiger partial charge >= 0.3 is 0 Å². The van der Waals surface area contributed by atoms with Gasteiger partial charge < -0.3 is 9.15 Å². The molecule has 0 unspecified atom stereocenters. The predicted molar refractivity (Wildman–Crippen MR) is 46.2 cm³/mol. The molecule has 0 fully saturated rings. The maximum absolute atomic E-state index is 5.41. The van der Waals surface area contributed by atoms with Gasteiger partial charge in [0.2, 0.25) is 5.89 Å². The number of nitrogens with one attached hydrogen (secondary N) is 1. The van der Waals surface area contributed by atoms with Crippen LogP contribution < -0.4 is 0 Å². The first kappa shape index (κ1) is 9.41. The number of aromatic nitrogens is 2. The van der Waals surface area contributed by atoms with E-state index in [1.165, 1.54) is 0 Å². The molecule has 0 atom stereocenters. The van der Waals surface area contributed by atoms with Crippen molar-refractivity contribution in [2.45, 2.75) is 33.0 Å². The van der Waals surface area contributed by atoms with Crippen LogP contribution in [0.25, 0.3) is 0 Å². The van der Waals surface area contributed by atoms with Gasteiger partial charge in [0.1, 0.15) is 6.61 Å². The standard InChI is InChI=1S/C7H12N2O2S/c1-7(2,3)10-4-5-8-9-6(12)11-5/h4H2,1-3H3,(H,9,12). The van der Waals surface area contributed by atoms with E-state index >= 15 is 0 Å². The molecule has 0 aliphatic carbocycles. The first-order valence-electron chi connectivity index (χ1n) is 3.66. The van der Waals surface area contributed by atoms with E-state index in [1.54, 1.807) is 0 Å². The van der Waals surface area contributed by atoms with Crippen LogP contribution in [0, 0.1) is 4.84 Å². The van der Waals surface area contributed by atoms with Crippen LogP contribution in [0.5, 0.6) is 0 Å². The average molecular weight is 188 g/mol. The Bertz CT molecular complexity index is 297. The van der Waals surface area contributed by atoms with E-state index in [1.807, 2.05) is 20.8 Å². The zero-order valence-electron chi connectivity index (χ0n) is 7.38. The molecule has 0 spiro atoms. The molecular formula is C7H12N2O2S. The van der Waals surface area contributed by atoms with E-state index in [2.05, 4.69) is 10.2 Å². The van der Waals surface area contributed by atoms with E-state index in [0.717, 1.165) is 0 Å². The Morgan fingerprint density at radius 3 is 2.67 bits per heavy atom. The zero-order valence-corrected chi connectivity index (χ0v) is 8.20. The van der Waals surface area contributed by atoms with Crippen molar-refractivity contribution in [3.05, 3.63) is 10.7 Å². The van der Waals surface area contributed by atoms with Gasteiger partial charge in [-0.25, -0.2) is 5.10 Å². The second-order valence-electron chi connectivity index (χ2n) is 3.41. The van der Waals surface area contributed by atoms with Crippen LogP contribution in [0.3, 0.4) is 0 Å². The van der Waals surface area contributed by atoms with Crippen LogP contribution in [-0.4, -0.2) is 15.8 Å². The molecule has 68 valence electrons. The fourth-order valence-electron chi connectivity index (χ4n) is 0.601. The summed E-state index contributed by atoms with van der Waals surface area (Å²) in [5.74, 6) is 0.481. The monoisotopic (exact) mass is 188 g/mol. The molecule has 0 aromatic carbocycles. The van der Waals surface area contributed by atoms with Gasteiger partial charge in [-0.1, -0.05) is 0 Å². The van der Waals surface area contributed by atoms with E-state index in [0.29, 0.717) is 12.5 Å². The van der Waals surface area contributed by atoms with Crippen LogP contribution >= 0.6 is 12.2 Å².